The molecule has 0 radical (unpaired) electrons. The van der Waals surface area contributed by atoms with Gasteiger partial charge in [-0.25, -0.2) is 0 Å². The Balaban J connectivity index is 1.81. The number of nitrogens with one attached hydrogen (secondary N) is 2. The Morgan fingerprint density at radius 2 is 1.83 bits per heavy atom. The van der Waals surface area contributed by atoms with Crippen LogP contribution in [0.3, 0.4) is 0 Å². The fraction of sp³-hybridized carbons (Fsp3) is 0.125. The Kier molecular flexibility index (Phi) is 5.43. The number of carbonyl (C=O) groups excluding carboxylic acids is 2. The van der Waals surface area contributed by atoms with Crippen molar-refractivity contribution in [2.45, 2.75) is 6.92 Å². The summed E-state index contributed by atoms with van der Waals surface area (Å²) in [6, 6.07) is 10.7. The van der Waals surface area contributed by atoms with E-state index in [4.69, 9.17) is 21.4 Å². The van der Waals surface area contributed by atoms with Crippen molar-refractivity contribution in [3.05, 3.63) is 58.6 Å². The van der Waals surface area contributed by atoms with Gasteiger partial charge in [0.15, 0.2) is 6.61 Å². The molecule has 0 unspecified atom stereocenters. The molecule has 0 bridgehead atoms. The van der Waals surface area contributed by atoms with Crippen molar-refractivity contribution in [1.29, 1.82) is 0 Å². The summed E-state index contributed by atoms with van der Waals surface area (Å²) in [4.78, 5) is 23.4. The molecule has 7 heteroatoms. The summed E-state index contributed by atoms with van der Waals surface area (Å²) in [6.45, 7) is 1.56. The molecule has 2 rings (SSSR count). The first kappa shape index (κ1) is 16.6. The molecule has 2 amide bonds. The second kappa shape index (κ2) is 7.51. The Bertz CT molecular complexity index is 717. The summed E-state index contributed by atoms with van der Waals surface area (Å²) >= 11 is 5.83. The lowest BCUT2D eigenvalue weighted by Gasteiger charge is -2.10. The summed E-state index contributed by atoms with van der Waals surface area (Å²) in [5.41, 5.74) is 5.61. The molecule has 2 aromatic rings. The topological polar surface area (TPSA) is 87.7 Å². The van der Waals surface area contributed by atoms with Gasteiger partial charge in [0.25, 0.3) is 11.8 Å². The molecule has 0 aliphatic carbocycles. The minimum atomic E-state index is -0.508. The monoisotopic (exact) mass is 334 g/mol. The van der Waals surface area contributed by atoms with Gasteiger partial charge in [-0.15, -0.1) is 0 Å². The van der Waals surface area contributed by atoms with Crippen molar-refractivity contribution in [3.8, 4) is 11.5 Å². The highest BCUT2D eigenvalue weighted by Crippen LogP contribution is 2.21. The normalized spacial score (nSPS) is 10.0. The molecule has 6 nitrogen and oxygen atoms in total. The average molecular weight is 335 g/mol. The molecule has 3 N–H and O–H groups in total. The zero-order chi connectivity index (χ0) is 16.8. The number of aromatic hydroxyl groups is 1. The number of aryl methyl sites for hydroxylation is 1. The first-order chi connectivity index (χ1) is 11.0. The van der Waals surface area contributed by atoms with Gasteiger partial charge in [0.05, 0.1) is 0 Å². The third-order valence-corrected chi connectivity index (χ3v) is 3.18. The Labute approximate surface area is 138 Å². The van der Waals surface area contributed by atoms with E-state index in [-0.39, 0.29) is 12.4 Å². The predicted octanol–water partition coefficient (Wildman–Crippen LogP) is 2.19. The summed E-state index contributed by atoms with van der Waals surface area (Å²) in [6.07, 6.45) is 0. The van der Waals surface area contributed by atoms with Crippen LogP contribution >= 0.6 is 11.6 Å². The van der Waals surface area contributed by atoms with Crippen LogP contribution in [0.1, 0.15) is 15.9 Å². The number of hydrazine groups is 1. The lowest BCUT2D eigenvalue weighted by Crippen LogP contribution is -2.43. The van der Waals surface area contributed by atoms with E-state index in [1.807, 2.05) is 6.92 Å². The van der Waals surface area contributed by atoms with Crippen molar-refractivity contribution in [1.82, 2.24) is 10.9 Å². The third kappa shape index (κ3) is 4.89. The van der Waals surface area contributed by atoms with Crippen molar-refractivity contribution < 1.29 is 19.4 Å². The van der Waals surface area contributed by atoms with E-state index in [0.717, 1.165) is 5.56 Å². The second-order valence-electron chi connectivity index (χ2n) is 4.75. The average Bonchev–Trinajstić information content (AvgIpc) is 2.52. The molecule has 0 heterocycles. The van der Waals surface area contributed by atoms with Crippen molar-refractivity contribution in [2.75, 3.05) is 6.61 Å². The van der Waals surface area contributed by atoms with Gasteiger partial charge in [0.1, 0.15) is 11.5 Å². The highest BCUT2D eigenvalue weighted by atomic mass is 35.5. The standard InChI is InChI=1S/C16H15ClN2O4/c1-10-8-12(17)4-7-14(10)23-9-15(21)18-19-16(22)11-2-5-13(20)6-3-11/h2-8,20H,9H2,1H3,(H,18,21)(H,19,22). The Morgan fingerprint density at radius 1 is 1.13 bits per heavy atom. The molecule has 0 aliphatic rings. The molecule has 0 spiro atoms. The maximum Gasteiger partial charge on any atom is 0.276 e. The minimum absolute atomic E-state index is 0.0531. The van der Waals surface area contributed by atoms with Crippen LogP contribution in [0, 0.1) is 6.92 Å². The molecular weight excluding hydrogens is 320 g/mol. The molecule has 0 saturated heterocycles. The molecule has 0 atom stereocenters. The maximum absolute atomic E-state index is 11.8. The molecule has 120 valence electrons. The highest BCUT2D eigenvalue weighted by molar-refractivity contribution is 6.30. The summed E-state index contributed by atoms with van der Waals surface area (Å²) in [5, 5.41) is 9.73. The number of ether oxygens (including phenoxy) is 1. The van der Waals surface area contributed by atoms with E-state index >= 15 is 0 Å². The zero-order valence-electron chi connectivity index (χ0n) is 12.3. The van der Waals surface area contributed by atoms with Crippen molar-refractivity contribution in [2.24, 2.45) is 0 Å². The number of phenolic OH excluding ortho intramolecular Hbond substituents is 1. The van der Waals surface area contributed by atoms with Crippen LogP contribution in [0.15, 0.2) is 42.5 Å². The summed E-state index contributed by atoms with van der Waals surface area (Å²) < 4.78 is 5.35. The van der Waals surface area contributed by atoms with Crippen LogP contribution in [-0.2, 0) is 4.79 Å². The number of hydrogen-bond donors (Lipinski definition) is 3. The largest absolute Gasteiger partial charge is 0.508 e. The quantitative estimate of drug-likeness (QED) is 0.748. The maximum atomic E-state index is 11.8. The molecule has 23 heavy (non-hydrogen) atoms. The minimum Gasteiger partial charge on any atom is -0.508 e. The number of halogens is 1. The van der Waals surface area contributed by atoms with Crippen LogP contribution in [0.2, 0.25) is 5.02 Å². The van der Waals surface area contributed by atoms with Gasteiger partial charge in [-0.2, -0.15) is 0 Å². The van der Waals surface area contributed by atoms with Gasteiger partial charge in [-0.1, -0.05) is 11.6 Å². The Morgan fingerprint density at radius 3 is 2.48 bits per heavy atom. The highest BCUT2D eigenvalue weighted by Gasteiger charge is 2.08. The fourth-order valence-electron chi connectivity index (χ4n) is 1.77. The van der Waals surface area contributed by atoms with Gasteiger partial charge < -0.3 is 9.84 Å². The number of benzene rings is 2. The molecule has 2 aromatic carbocycles. The number of carbonyl (C=O) groups is 2. The Hall–Kier alpha value is -2.73. The number of amides is 2. The molecule has 0 aromatic heterocycles. The van der Waals surface area contributed by atoms with Crippen LogP contribution in [0.5, 0.6) is 11.5 Å². The van der Waals surface area contributed by atoms with Crippen LogP contribution in [0.4, 0.5) is 0 Å². The van der Waals surface area contributed by atoms with Crippen LogP contribution in [0.25, 0.3) is 0 Å². The van der Waals surface area contributed by atoms with Crippen LogP contribution in [-0.4, -0.2) is 23.5 Å². The predicted molar refractivity (Wildman–Crippen MR) is 85.4 cm³/mol. The van der Waals surface area contributed by atoms with Crippen molar-refractivity contribution >= 4 is 23.4 Å². The lowest BCUT2D eigenvalue weighted by atomic mass is 10.2. The van der Waals surface area contributed by atoms with E-state index in [9.17, 15) is 9.59 Å². The molecule has 0 fully saturated rings. The third-order valence-electron chi connectivity index (χ3n) is 2.94. The van der Waals surface area contributed by atoms with Gasteiger partial charge in [0.2, 0.25) is 0 Å². The van der Waals surface area contributed by atoms with E-state index in [2.05, 4.69) is 10.9 Å². The van der Waals surface area contributed by atoms with Gasteiger partial charge >= 0.3 is 0 Å². The fourth-order valence-corrected chi connectivity index (χ4v) is 1.99. The zero-order valence-corrected chi connectivity index (χ0v) is 13.1. The van der Waals surface area contributed by atoms with Gasteiger partial charge in [-0.3, -0.25) is 20.4 Å². The van der Waals surface area contributed by atoms with Crippen molar-refractivity contribution in [3.63, 3.8) is 0 Å². The molecule has 0 saturated carbocycles. The number of hydrogen-bond acceptors (Lipinski definition) is 4. The summed E-state index contributed by atoms with van der Waals surface area (Å²) in [5.74, 6) is -0.417. The SMILES string of the molecule is Cc1cc(Cl)ccc1OCC(=O)NNC(=O)c1ccc(O)cc1. The molecular formula is C16H15ClN2O4. The smallest absolute Gasteiger partial charge is 0.276 e. The summed E-state index contributed by atoms with van der Waals surface area (Å²) in [7, 11) is 0. The number of rotatable bonds is 4. The first-order valence-electron chi connectivity index (χ1n) is 6.73. The van der Waals surface area contributed by atoms with Gasteiger partial charge in [-0.05, 0) is 55.0 Å². The van der Waals surface area contributed by atoms with Crippen LogP contribution < -0.4 is 15.6 Å². The molecule has 0 aliphatic heterocycles. The van der Waals surface area contributed by atoms with E-state index in [0.29, 0.717) is 16.3 Å². The lowest BCUT2D eigenvalue weighted by molar-refractivity contribution is -0.123. The van der Waals surface area contributed by atoms with E-state index in [1.54, 1.807) is 18.2 Å². The van der Waals surface area contributed by atoms with E-state index < -0.39 is 11.8 Å². The number of phenols is 1. The second-order valence-corrected chi connectivity index (χ2v) is 5.18. The first-order valence-corrected chi connectivity index (χ1v) is 7.10. The van der Waals surface area contributed by atoms with E-state index in [1.165, 1.54) is 24.3 Å². The van der Waals surface area contributed by atoms with Gasteiger partial charge in [0, 0.05) is 10.6 Å².